The smallest absolute Gasteiger partial charge is 0.226 e. The lowest BCUT2D eigenvalue weighted by molar-refractivity contribution is -0.141. The highest BCUT2D eigenvalue weighted by Crippen LogP contribution is 2.33. The summed E-state index contributed by atoms with van der Waals surface area (Å²) >= 11 is 0. The maximum atomic E-state index is 13.2. The van der Waals surface area contributed by atoms with Crippen LogP contribution in [-0.4, -0.2) is 43.3 Å². The van der Waals surface area contributed by atoms with Gasteiger partial charge in [-0.1, -0.05) is 61.2 Å². The fourth-order valence-electron chi connectivity index (χ4n) is 5.78. The summed E-state index contributed by atoms with van der Waals surface area (Å²) < 4.78 is 8.00. The molecule has 0 unspecified atom stereocenters. The Balaban J connectivity index is 1.12. The first-order valence-electron chi connectivity index (χ1n) is 14.9. The number of phenolic OH excluding ortho intramolecular Hbond substituents is 1. The first-order chi connectivity index (χ1) is 20.0. The lowest BCUT2D eigenvalue weighted by Crippen LogP contribution is -2.43. The normalized spacial score (nSPS) is 15.5. The van der Waals surface area contributed by atoms with Crippen LogP contribution in [0.25, 0.3) is 22.8 Å². The minimum absolute atomic E-state index is 0.211. The number of aromatic hydroxyl groups is 1. The van der Waals surface area contributed by atoms with Crippen LogP contribution in [0.3, 0.4) is 0 Å². The van der Waals surface area contributed by atoms with Crippen molar-refractivity contribution in [2.75, 3.05) is 6.61 Å². The summed E-state index contributed by atoms with van der Waals surface area (Å²) in [6, 6.07) is 23.7. The Morgan fingerprint density at radius 1 is 0.902 bits per heavy atom. The average Bonchev–Trinajstić information content (AvgIpc) is 3.63. The van der Waals surface area contributed by atoms with Gasteiger partial charge in [0.2, 0.25) is 5.91 Å². The third-order valence-corrected chi connectivity index (χ3v) is 8.46. The summed E-state index contributed by atoms with van der Waals surface area (Å²) in [7, 11) is 0. The van der Waals surface area contributed by atoms with E-state index in [-0.39, 0.29) is 11.7 Å². The van der Waals surface area contributed by atoms with Crippen LogP contribution < -0.4 is 4.74 Å². The molecule has 0 aliphatic heterocycles. The van der Waals surface area contributed by atoms with Crippen molar-refractivity contribution >= 4 is 5.91 Å². The molecule has 6 rings (SSSR count). The molecule has 2 fully saturated rings. The number of aryl methyl sites for hydroxylation is 1. The van der Waals surface area contributed by atoms with Gasteiger partial charge in [-0.15, -0.1) is 0 Å². The highest BCUT2D eigenvalue weighted by molar-refractivity contribution is 5.80. The minimum Gasteiger partial charge on any atom is -0.508 e. The molecule has 1 heterocycles. The second-order valence-electron chi connectivity index (χ2n) is 11.4. The number of hydrogen-bond donors (Lipinski definition) is 1. The third kappa shape index (κ3) is 6.29. The van der Waals surface area contributed by atoms with Crippen molar-refractivity contribution in [3.8, 4) is 34.3 Å². The molecule has 2 aliphatic carbocycles. The SMILES string of the molecule is Cc1ccc(-c2nc(-c3ccc(O)cc3)nn2CCOc2ccc(CN(C(=O)C3CCC3)C3CCCC3)cc2)cc1. The number of amides is 1. The summed E-state index contributed by atoms with van der Waals surface area (Å²) in [4.78, 5) is 20.2. The molecule has 0 radical (unpaired) electrons. The molecule has 3 aromatic carbocycles. The standard InChI is InChI=1S/C34H38N4O3/c1-24-9-13-27(14-10-24)33-35-32(26-15-17-30(39)18-16-26)36-38(33)21-22-41-31-19-11-25(12-20-31)23-37(29-7-2-3-8-29)34(40)28-5-4-6-28/h9-20,28-29,39H,2-8,21-23H2,1H3. The Bertz CT molecular complexity index is 1450. The zero-order valence-corrected chi connectivity index (χ0v) is 23.7. The summed E-state index contributed by atoms with van der Waals surface area (Å²) in [5, 5.41) is 14.5. The van der Waals surface area contributed by atoms with Crippen LogP contribution in [0.1, 0.15) is 56.1 Å². The molecule has 7 nitrogen and oxygen atoms in total. The van der Waals surface area contributed by atoms with Gasteiger partial charge in [-0.25, -0.2) is 9.67 Å². The second kappa shape index (κ2) is 12.2. The Morgan fingerprint density at radius 3 is 2.24 bits per heavy atom. The number of ether oxygens (including phenoxy) is 1. The van der Waals surface area contributed by atoms with Crippen LogP contribution in [-0.2, 0) is 17.9 Å². The van der Waals surface area contributed by atoms with Crippen molar-refractivity contribution < 1.29 is 14.6 Å². The Kier molecular flexibility index (Phi) is 8.03. The number of carbonyl (C=O) groups excluding carboxylic acids is 1. The van der Waals surface area contributed by atoms with E-state index in [0.29, 0.717) is 37.5 Å². The molecule has 212 valence electrons. The van der Waals surface area contributed by atoms with Crippen molar-refractivity contribution in [2.45, 2.75) is 71.0 Å². The van der Waals surface area contributed by atoms with Crippen molar-refractivity contribution in [1.29, 1.82) is 0 Å². The lowest BCUT2D eigenvalue weighted by Gasteiger charge is -2.35. The molecule has 1 N–H and O–H groups in total. The van der Waals surface area contributed by atoms with E-state index < -0.39 is 0 Å². The number of hydrogen-bond acceptors (Lipinski definition) is 5. The molecular formula is C34H38N4O3. The van der Waals surface area contributed by atoms with E-state index in [1.807, 2.05) is 28.9 Å². The average molecular weight is 551 g/mol. The van der Waals surface area contributed by atoms with Gasteiger partial charge in [-0.2, -0.15) is 5.10 Å². The monoisotopic (exact) mass is 550 g/mol. The number of phenols is 1. The summed E-state index contributed by atoms with van der Waals surface area (Å²) in [6.45, 7) is 3.71. The van der Waals surface area contributed by atoms with Crippen LogP contribution >= 0.6 is 0 Å². The van der Waals surface area contributed by atoms with E-state index in [0.717, 1.165) is 53.9 Å². The van der Waals surface area contributed by atoms with E-state index in [4.69, 9.17) is 14.8 Å². The zero-order valence-electron chi connectivity index (χ0n) is 23.7. The topological polar surface area (TPSA) is 80.5 Å². The summed E-state index contributed by atoms with van der Waals surface area (Å²) in [5.74, 6) is 2.97. The first kappa shape index (κ1) is 27.1. The molecule has 4 aromatic rings. The molecule has 0 spiro atoms. The van der Waals surface area contributed by atoms with Crippen molar-refractivity contribution in [3.05, 3.63) is 83.9 Å². The number of benzene rings is 3. The summed E-state index contributed by atoms with van der Waals surface area (Å²) in [6.07, 6.45) is 7.97. The van der Waals surface area contributed by atoms with E-state index in [2.05, 4.69) is 48.2 Å². The minimum atomic E-state index is 0.211. The molecule has 0 atom stereocenters. The van der Waals surface area contributed by atoms with Gasteiger partial charge in [0.1, 0.15) is 18.1 Å². The van der Waals surface area contributed by atoms with Gasteiger partial charge >= 0.3 is 0 Å². The van der Waals surface area contributed by atoms with Gasteiger partial charge < -0.3 is 14.7 Å². The zero-order chi connectivity index (χ0) is 28.2. The van der Waals surface area contributed by atoms with E-state index in [1.54, 1.807) is 12.1 Å². The van der Waals surface area contributed by atoms with E-state index in [1.165, 1.54) is 24.8 Å². The molecular weight excluding hydrogens is 512 g/mol. The van der Waals surface area contributed by atoms with Gasteiger partial charge in [0.25, 0.3) is 0 Å². The molecule has 7 heteroatoms. The molecule has 2 saturated carbocycles. The number of nitrogens with zero attached hydrogens (tertiary/aromatic N) is 4. The van der Waals surface area contributed by atoms with Gasteiger partial charge in [0, 0.05) is 29.6 Å². The van der Waals surface area contributed by atoms with Crippen LogP contribution in [0.5, 0.6) is 11.5 Å². The molecule has 1 aromatic heterocycles. The Morgan fingerprint density at radius 2 is 1.59 bits per heavy atom. The molecule has 41 heavy (non-hydrogen) atoms. The maximum Gasteiger partial charge on any atom is 0.226 e. The number of aromatic nitrogens is 3. The van der Waals surface area contributed by atoms with Crippen molar-refractivity contribution in [3.63, 3.8) is 0 Å². The lowest BCUT2D eigenvalue weighted by atomic mass is 9.84. The van der Waals surface area contributed by atoms with E-state index in [9.17, 15) is 9.90 Å². The summed E-state index contributed by atoms with van der Waals surface area (Å²) in [5.41, 5.74) is 4.16. The van der Waals surface area contributed by atoms with Crippen molar-refractivity contribution in [1.82, 2.24) is 19.7 Å². The van der Waals surface area contributed by atoms with Crippen LogP contribution in [0.2, 0.25) is 0 Å². The van der Waals surface area contributed by atoms with E-state index >= 15 is 0 Å². The molecule has 0 saturated heterocycles. The fourth-order valence-corrected chi connectivity index (χ4v) is 5.78. The second-order valence-corrected chi connectivity index (χ2v) is 11.4. The number of carbonyl (C=O) groups is 1. The Labute approximate surface area is 241 Å². The predicted octanol–water partition coefficient (Wildman–Crippen LogP) is 6.78. The van der Waals surface area contributed by atoms with Gasteiger partial charge in [-0.05, 0) is 74.6 Å². The Hall–Kier alpha value is -4.13. The van der Waals surface area contributed by atoms with Crippen LogP contribution in [0.15, 0.2) is 72.8 Å². The van der Waals surface area contributed by atoms with Gasteiger partial charge in [0.05, 0.1) is 6.54 Å². The third-order valence-electron chi connectivity index (χ3n) is 8.46. The largest absolute Gasteiger partial charge is 0.508 e. The maximum absolute atomic E-state index is 13.2. The number of rotatable bonds is 10. The molecule has 1 amide bonds. The van der Waals surface area contributed by atoms with Gasteiger partial charge in [0.15, 0.2) is 11.6 Å². The highest BCUT2D eigenvalue weighted by Gasteiger charge is 2.34. The molecule has 2 aliphatic rings. The quantitative estimate of drug-likeness (QED) is 0.236. The van der Waals surface area contributed by atoms with Crippen molar-refractivity contribution in [2.24, 2.45) is 5.92 Å². The van der Waals surface area contributed by atoms with Crippen LogP contribution in [0.4, 0.5) is 0 Å². The first-order valence-corrected chi connectivity index (χ1v) is 14.9. The molecule has 0 bridgehead atoms. The van der Waals surface area contributed by atoms with Gasteiger partial charge in [-0.3, -0.25) is 4.79 Å². The predicted molar refractivity (Wildman–Crippen MR) is 159 cm³/mol. The van der Waals surface area contributed by atoms with Crippen LogP contribution in [0, 0.1) is 12.8 Å². The highest BCUT2D eigenvalue weighted by atomic mass is 16.5. The fraction of sp³-hybridized carbons (Fsp3) is 0.382.